The average Bonchev–Trinajstić information content (AvgIpc) is 1.89. The van der Waals surface area contributed by atoms with Crippen LogP contribution in [0.5, 0.6) is 0 Å². The van der Waals surface area contributed by atoms with E-state index in [-0.39, 0.29) is 5.20 Å². The van der Waals surface area contributed by atoms with Crippen molar-refractivity contribution in [3.05, 3.63) is 11.3 Å². The van der Waals surface area contributed by atoms with E-state index >= 15 is 0 Å². The Morgan fingerprint density at radius 1 is 1.40 bits per heavy atom. The van der Waals surface area contributed by atoms with Gasteiger partial charge in [-0.1, -0.05) is 6.08 Å². The fraction of sp³-hybridized carbons (Fsp3) is 0.400. The molecule has 60 valence electrons. The lowest BCUT2D eigenvalue weighted by Crippen LogP contribution is -2.36. The van der Waals surface area contributed by atoms with Crippen molar-refractivity contribution in [2.24, 2.45) is 0 Å². The van der Waals surface area contributed by atoms with Crippen molar-refractivity contribution < 1.29 is 19.2 Å². The van der Waals surface area contributed by atoms with Crippen LogP contribution in [0.25, 0.3) is 0 Å². The van der Waals surface area contributed by atoms with Gasteiger partial charge in [-0.15, -0.1) is 0 Å². The molecule has 0 saturated heterocycles. The van der Waals surface area contributed by atoms with Crippen LogP contribution in [0.4, 0.5) is 0 Å². The summed E-state index contributed by atoms with van der Waals surface area (Å²) in [6.45, 7) is 5.12. The second-order valence-corrected chi connectivity index (χ2v) is 3.67. The van der Waals surface area contributed by atoms with Crippen LogP contribution in [0.2, 0.25) is 0 Å². The van der Waals surface area contributed by atoms with Gasteiger partial charge in [-0.05, 0) is 19.0 Å². The number of hydrogen-bond acceptors (Lipinski definition) is 4. The van der Waals surface area contributed by atoms with Crippen LogP contribution >= 0.6 is 0 Å². The predicted molar refractivity (Wildman–Crippen MR) is 39.0 cm³/mol. The summed E-state index contributed by atoms with van der Waals surface area (Å²) in [4.78, 5) is 33.4. The number of carbonyl (C=O) groups is 1. The molecule has 5 heteroatoms. The molecule has 0 aromatic heterocycles. The molecule has 0 aliphatic carbocycles. The van der Waals surface area contributed by atoms with Gasteiger partial charge in [0.1, 0.15) is 6.79 Å². The van der Waals surface area contributed by atoms with Crippen LogP contribution in [0, 0.1) is 0 Å². The molecule has 0 aromatic rings. The molecule has 0 atom stereocenters. The van der Waals surface area contributed by atoms with E-state index in [1.165, 1.54) is 13.0 Å². The van der Waals surface area contributed by atoms with E-state index < -0.39 is 8.80 Å². The Kier molecular flexibility index (Phi) is 6.48. The Hall–Kier alpha value is -0.493. The number of allylic oxidation sites excluding steroid dienone is 2. The number of carbonyl (C=O) groups excluding carboxylic acids is 1. The van der Waals surface area contributed by atoms with Gasteiger partial charge in [0.05, 0.1) is 0 Å². The third-order valence-corrected chi connectivity index (χ3v) is 2.31. The highest BCUT2D eigenvalue weighted by Crippen LogP contribution is 2.01. The van der Waals surface area contributed by atoms with Gasteiger partial charge in [-0.3, -0.25) is 0 Å². The van der Waals surface area contributed by atoms with Crippen molar-refractivity contribution in [1.82, 2.24) is 0 Å². The molecule has 0 saturated carbocycles. The highest BCUT2D eigenvalue weighted by atomic mass is 28.4. The summed E-state index contributed by atoms with van der Waals surface area (Å²) in [5.41, 5.74) is 0. The lowest BCUT2D eigenvalue weighted by atomic mass is 10.6. The molecular formula is C5H12O4Si. The molecule has 0 aliphatic rings. The third kappa shape index (κ3) is 5.64. The van der Waals surface area contributed by atoms with Crippen molar-refractivity contribution in [2.45, 2.75) is 13.8 Å². The Bertz CT molecular complexity index is 115. The van der Waals surface area contributed by atoms with E-state index in [0.29, 0.717) is 0 Å². The third-order valence-electron chi connectivity index (χ3n) is 0.962. The molecule has 3 N–H and O–H groups in total. The summed E-state index contributed by atoms with van der Waals surface area (Å²) in [5.74, 6) is 0. The second-order valence-electron chi connectivity index (χ2n) is 1.61. The number of rotatable bonds is 1. The van der Waals surface area contributed by atoms with E-state index in [9.17, 15) is 0 Å². The Morgan fingerprint density at radius 3 is 1.70 bits per heavy atom. The highest BCUT2D eigenvalue weighted by Gasteiger charge is 2.28. The molecule has 0 spiro atoms. The quantitative estimate of drug-likeness (QED) is 0.444. The fourth-order valence-corrected chi connectivity index (χ4v) is 0.581. The largest absolute Gasteiger partial charge is 0.524 e. The monoisotopic (exact) mass is 164 g/mol. The van der Waals surface area contributed by atoms with E-state index in [0.717, 1.165) is 0 Å². The zero-order valence-corrected chi connectivity index (χ0v) is 7.03. The van der Waals surface area contributed by atoms with Gasteiger partial charge >= 0.3 is 8.80 Å². The van der Waals surface area contributed by atoms with Crippen LogP contribution in [0.15, 0.2) is 11.3 Å². The van der Waals surface area contributed by atoms with Crippen LogP contribution in [0.3, 0.4) is 0 Å². The Balaban J connectivity index is 0. The van der Waals surface area contributed by atoms with Gasteiger partial charge in [0.15, 0.2) is 0 Å². The maximum absolute atomic E-state index is 8.47. The zero-order chi connectivity index (χ0) is 8.78. The van der Waals surface area contributed by atoms with E-state index in [2.05, 4.69) is 0 Å². The summed E-state index contributed by atoms with van der Waals surface area (Å²) in [5, 5.41) is 0.262. The van der Waals surface area contributed by atoms with Crippen LogP contribution in [-0.2, 0) is 4.79 Å². The summed E-state index contributed by atoms with van der Waals surface area (Å²) < 4.78 is 0. The standard InChI is InChI=1S/C4H10O3Si.CH2O/c1-3-4(2)8(5,6)7;1-2/h3,5-7H,1-2H3;1H2. The average molecular weight is 164 g/mol. The summed E-state index contributed by atoms with van der Waals surface area (Å²) >= 11 is 0. The van der Waals surface area contributed by atoms with Gasteiger partial charge in [0.25, 0.3) is 0 Å². The zero-order valence-electron chi connectivity index (χ0n) is 6.03. The van der Waals surface area contributed by atoms with E-state index in [4.69, 9.17) is 19.2 Å². The van der Waals surface area contributed by atoms with Crippen LogP contribution < -0.4 is 0 Å². The summed E-state index contributed by atoms with van der Waals surface area (Å²) in [6.07, 6.45) is 1.48. The smallest absolute Gasteiger partial charge is 0.387 e. The molecule has 0 aromatic carbocycles. The molecule has 0 radical (unpaired) electrons. The summed E-state index contributed by atoms with van der Waals surface area (Å²) in [7, 11) is -3.90. The highest BCUT2D eigenvalue weighted by molar-refractivity contribution is 6.64. The fourth-order valence-electron chi connectivity index (χ4n) is 0.194. The van der Waals surface area contributed by atoms with Crippen molar-refractivity contribution >= 4 is 15.6 Å². The van der Waals surface area contributed by atoms with Crippen LogP contribution in [-0.4, -0.2) is 30.0 Å². The topological polar surface area (TPSA) is 77.8 Å². The van der Waals surface area contributed by atoms with Gasteiger partial charge in [-0.2, -0.15) is 0 Å². The first-order valence-electron chi connectivity index (χ1n) is 2.58. The Morgan fingerprint density at radius 2 is 1.70 bits per heavy atom. The van der Waals surface area contributed by atoms with Gasteiger partial charge in [0, 0.05) is 0 Å². The Labute approximate surface area is 60.8 Å². The van der Waals surface area contributed by atoms with Crippen LogP contribution in [0.1, 0.15) is 13.8 Å². The lowest BCUT2D eigenvalue weighted by Gasteiger charge is -2.07. The number of hydrogen-bond donors (Lipinski definition) is 3. The first kappa shape index (κ1) is 12.2. The van der Waals surface area contributed by atoms with Gasteiger partial charge in [-0.25, -0.2) is 0 Å². The van der Waals surface area contributed by atoms with Crippen molar-refractivity contribution in [1.29, 1.82) is 0 Å². The lowest BCUT2D eigenvalue weighted by molar-refractivity contribution is -0.0979. The SMILES string of the molecule is C=O.CC=C(C)[Si](O)(O)O. The molecule has 0 rings (SSSR count). The van der Waals surface area contributed by atoms with Gasteiger partial charge in [0.2, 0.25) is 0 Å². The van der Waals surface area contributed by atoms with Gasteiger partial charge < -0.3 is 19.2 Å². The minimum absolute atomic E-state index is 0.262. The molecule has 4 nitrogen and oxygen atoms in total. The maximum Gasteiger partial charge on any atom is 0.524 e. The maximum atomic E-state index is 8.47. The van der Waals surface area contributed by atoms with E-state index in [1.54, 1.807) is 6.92 Å². The van der Waals surface area contributed by atoms with Crippen molar-refractivity contribution in [3.8, 4) is 0 Å². The normalized spacial score (nSPS) is 11.9. The molecule has 0 fully saturated rings. The van der Waals surface area contributed by atoms with E-state index in [1.807, 2.05) is 6.79 Å². The predicted octanol–water partition coefficient (Wildman–Crippen LogP) is -0.777. The molecule has 0 bridgehead atoms. The minimum atomic E-state index is -3.90. The molecule has 0 aliphatic heterocycles. The summed E-state index contributed by atoms with van der Waals surface area (Å²) in [6, 6.07) is 0. The molecule has 0 unspecified atom stereocenters. The molecule has 0 amide bonds. The minimum Gasteiger partial charge on any atom is -0.387 e. The van der Waals surface area contributed by atoms with Crippen molar-refractivity contribution in [2.75, 3.05) is 0 Å². The van der Waals surface area contributed by atoms with Crippen molar-refractivity contribution in [3.63, 3.8) is 0 Å². The first-order valence-corrected chi connectivity index (χ1v) is 4.42. The molecular weight excluding hydrogens is 152 g/mol. The first-order chi connectivity index (χ1) is 4.48. The second kappa shape index (κ2) is 5.30. The molecule has 0 heterocycles. The molecule has 10 heavy (non-hydrogen) atoms.